The van der Waals surface area contributed by atoms with E-state index in [0.717, 1.165) is 36.1 Å². The zero-order valence-corrected chi connectivity index (χ0v) is 8.69. The maximum atomic E-state index is 11.6. The number of rotatable bonds is 2. The Morgan fingerprint density at radius 1 is 1.33 bits per heavy atom. The van der Waals surface area contributed by atoms with Gasteiger partial charge in [0.05, 0.1) is 0 Å². The van der Waals surface area contributed by atoms with Crippen LogP contribution in [0.2, 0.25) is 0 Å². The first-order valence-electron chi connectivity index (χ1n) is 5.06. The smallest absolute Gasteiger partial charge is 0.213 e. The van der Waals surface area contributed by atoms with Crippen LogP contribution in [0.3, 0.4) is 0 Å². The van der Waals surface area contributed by atoms with Crippen LogP contribution in [0, 0.1) is 0 Å². The van der Waals surface area contributed by atoms with E-state index in [1.807, 2.05) is 18.2 Å². The number of nitrogens with zero attached hydrogens (tertiary/aromatic N) is 1. The summed E-state index contributed by atoms with van der Waals surface area (Å²) in [6.45, 7) is 0. The van der Waals surface area contributed by atoms with Crippen LogP contribution >= 0.6 is 0 Å². The molecule has 1 aromatic carbocycles. The summed E-state index contributed by atoms with van der Waals surface area (Å²) >= 11 is 0. The first kappa shape index (κ1) is 9.90. The third-order valence-electron chi connectivity index (χ3n) is 2.80. The highest BCUT2D eigenvalue weighted by Gasteiger charge is 2.17. The van der Waals surface area contributed by atoms with Crippen molar-refractivity contribution < 1.29 is 9.59 Å². The molecule has 0 unspecified atom stereocenters. The van der Waals surface area contributed by atoms with Gasteiger partial charge in [-0.3, -0.25) is 9.59 Å². The standard InChI is InChI=1S/C12H13NO2/c1-13(8-14)10-5-6-11-9(7-10)3-2-4-12(11)15/h5-8H,2-4H2,1H3. The SMILES string of the molecule is CN(C=O)c1ccc2c(c1)CCCC2=O. The van der Waals surface area contributed by atoms with Crippen LogP contribution in [0.4, 0.5) is 5.69 Å². The van der Waals surface area contributed by atoms with Gasteiger partial charge in [-0.2, -0.15) is 0 Å². The third-order valence-corrected chi connectivity index (χ3v) is 2.80. The van der Waals surface area contributed by atoms with Crippen molar-refractivity contribution in [2.24, 2.45) is 0 Å². The topological polar surface area (TPSA) is 37.4 Å². The predicted molar refractivity (Wildman–Crippen MR) is 58.2 cm³/mol. The van der Waals surface area contributed by atoms with E-state index in [-0.39, 0.29) is 5.78 Å². The molecule has 0 spiro atoms. The van der Waals surface area contributed by atoms with Gasteiger partial charge in [0.2, 0.25) is 6.41 Å². The van der Waals surface area contributed by atoms with Crippen molar-refractivity contribution in [3.05, 3.63) is 29.3 Å². The molecule has 0 bridgehead atoms. The molecule has 0 radical (unpaired) electrons. The van der Waals surface area contributed by atoms with Gasteiger partial charge in [-0.15, -0.1) is 0 Å². The van der Waals surface area contributed by atoms with Crippen molar-refractivity contribution in [3.63, 3.8) is 0 Å². The highest BCUT2D eigenvalue weighted by Crippen LogP contribution is 2.25. The molecule has 2 rings (SSSR count). The second-order valence-corrected chi connectivity index (χ2v) is 3.83. The Labute approximate surface area is 88.7 Å². The summed E-state index contributed by atoms with van der Waals surface area (Å²) in [7, 11) is 1.71. The van der Waals surface area contributed by atoms with Crippen molar-refractivity contribution in [2.75, 3.05) is 11.9 Å². The maximum absolute atomic E-state index is 11.6. The Balaban J connectivity index is 2.41. The highest BCUT2D eigenvalue weighted by atomic mass is 16.1. The Morgan fingerprint density at radius 3 is 2.87 bits per heavy atom. The molecule has 1 aliphatic rings. The third kappa shape index (κ3) is 1.77. The van der Waals surface area contributed by atoms with Gasteiger partial charge in [-0.05, 0) is 36.6 Å². The number of aryl methyl sites for hydroxylation is 1. The molecule has 0 fully saturated rings. The van der Waals surface area contributed by atoms with E-state index in [2.05, 4.69) is 0 Å². The van der Waals surface area contributed by atoms with E-state index in [9.17, 15) is 9.59 Å². The molecule has 0 heterocycles. The molecule has 0 saturated carbocycles. The number of anilines is 1. The fourth-order valence-corrected chi connectivity index (χ4v) is 1.91. The molecule has 1 aliphatic carbocycles. The Morgan fingerprint density at radius 2 is 2.13 bits per heavy atom. The van der Waals surface area contributed by atoms with E-state index in [4.69, 9.17) is 0 Å². The lowest BCUT2D eigenvalue weighted by Gasteiger charge is -2.18. The Kier molecular flexibility index (Phi) is 2.54. The van der Waals surface area contributed by atoms with Crippen LogP contribution in [0.25, 0.3) is 0 Å². The van der Waals surface area contributed by atoms with Gasteiger partial charge in [-0.25, -0.2) is 0 Å². The number of Topliss-reactive ketones (excluding diaryl/α,β-unsaturated/α-hetero) is 1. The minimum atomic E-state index is 0.219. The van der Waals surface area contributed by atoms with Crippen molar-refractivity contribution >= 4 is 17.9 Å². The van der Waals surface area contributed by atoms with Gasteiger partial charge in [0.1, 0.15) is 0 Å². The average Bonchev–Trinajstić information content (AvgIpc) is 2.28. The van der Waals surface area contributed by atoms with E-state index in [1.165, 1.54) is 4.90 Å². The van der Waals surface area contributed by atoms with Gasteiger partial charge in [-0.1, -0.05) is 0 Å². The van der Waals surface area contributed by atoms with E-state index < -0.39 is 0 Å². The molecule has 1 aromatic rings. The van der Waals surface area contributed by atoms with E-state index in [1.54, 1.807) is 7.05 Å². The van der Waals surface area contributed by atoms with Crippen LogP contribution in [-0.4, -0.2) is 19.2 Å². The first-order valence-corrected chi connectivity index (χ1v) is 5.06. The number of hydrogen-bond acceptors (Lipinski definition) is 2. The summed E-state index contributed by atoms with van der Waals surface area (Å²) in [4.78, 5) is 23.7. The molecular weight excluding hydrogens is 190 g/mol. The zero-order valence-electron chi connectivity index (χ0n) is 8.69. The maximum Gasteiger partial charge on any atom is 0.213 e. The second kappa shape index (κ2) is 3.85. The lowest BCUT2D eigenvalue weighted by Crippen LogP contribution is -2.16. The summed E-state index contributed by atoms with van der Waals surface area (Å²) < 4.78 is 0. The molecule has 78 valence electrons. The number of carbonyl (C=O) groups is 2. The monoisotopic (exact) mass is 203 g/mol. The molecular formula is C12H13NO2. The number of benzene rings is 1. The van der Waals surface area contributed by atoms with Gasteiger partial charge in [0.25, 0.3) is 0 Å². The summed E-state index contributed by atoms with van der Waals surface area (Å²) in [5, 5.41) is 0. The lowest BCUT2D eigenvalue weighted by molar-refractivity contribution is -0.107. The molecule has 15 heavy (non-hydrogen) atoms. The number of hydrogen-bond donors (Lipinski definition) is 0. The summed E-state index contributed by atoms with van der Waals surface area (Å²) in [6, 6.07) is 5.57. The fourth-order valence-electron chi connectivity index (χ4n) is 1.91. The second-order valence-electron chi connectivity index (χ2n) is 3.83. The number of amides is 1. The van der Waals surface area contributed by atoms with Crippen molar-refractivity contribution in [1.82, 2.24) is 0 Å². The predicted octanol–water partition coefficient (Wildman–Crippen LogP) is 1.80. The molecule has 0 saturated heterocycles. The van der Waals surface area contributed by atoms with Gasteiger partial charge < -0.3 is 4.90 Å². The summed E-state index contributed by atoms with van der Waals surface area (Å²) in [6.07, 6.45) is 3.27. The van der Waals surface area contributed by atoms with Crippen molar-refractivity contribution in [2.45, 2.75) is 19.3 Å². The molecule has 0 atom stereocenters. The number of ketones is 1. The normalized spacial score (nSPS) is 14.6. The molecule has 3 heteroatoms. The lowest BCUT2D eigenvalue weighted by atomic mass is 9.90. The van der Waals surface area contributed by atoms with Gasteiger partial charge in [0.15, 0.2) is 5.78 Å². The largest absolute Gasteiger partial charge is 0.318 e. The molecule has 0 aromatic heterocycles. The minimum Gasteiger partial charge on any atom is -0.318 e. The van der Waals surface area contributed by atoms with Gasteiger partial charge in [0, 0.05) is 24.7 Å². The molecule has 3 nitrogen and oxygen atoms in total. The Bertz CT molecular complexity index is 412. The zero-order chi connectivity index (χ0) is 10.8. The Hall–Kier alpha value is -1.64. The van der Waals surface area contributed by atoms with E-state index >= 15 is 0 Å². The fraction of sp³-hybridized carbons (Fsp3) is 0.333. The highest BCUT2D eigenvalue weighted by molar-refractivity contribution is 5.99. The molecule has 0 N–H and O–H groups in total. The number of carbonyl (C=O) groups excluding carboxylic acids is 2. The average molecular weight is 203 g/mol. The van der Waals surface area contributed by atoms with Gasteiger partial charge >= 0.3 is 0 Å². The minimum absolute atomic E-state index is 0.219. The molecule has 1 amide bonds. The van der Waals surface area contributed by atoms with Crippen molar-refractivity contribution in [3.8, 4) is 0 Å². The summed E-state index contributed by atoms with van der Waals surface area (Å²) in [5.74, 6) is 0.219. The van der Waals surface area contributed by atoms with Crippen LogP contribution in [0.15, 0.2) is 18.2 Å². The molecule has 0 aliphatic heterocycles. The van der Waals surface area contributed by atoms with E-state index in [0.29, 0.717) is 6.42 Å². The first-order chi connectivity index (χ1) is 7.22. The quantitative estimate of drug-likeness (QED) is 0.687. The van der Waals surface area contributed by atoms with Crippen molar-refractivity contribution in [1.29, 1.82) is 0 Å². The number of fused-ring (bicyclic) bond motifs is 1. The summed E-state index contributed by atoms with van der Waals surface area (Å²) in [5.41, 5.74) is 2.74. The van der Waals surface area contributed by atoms with Crippen LogP contribution < -0.4 is 4.90 Å². The van der Waals surface area contributed by atoms with Crippen LogP contribution in [-0.2, 0) is 11.2 Å². The van der Waals surface area contributed by atoms with Crippen LogP contribution in [0.5, 0.6) is 0 Å². The van der Waals surface area contributed by atoms with Crippen LogP contribution in [0.1, 0.15) is 28.8 Å².